The van der Waals surface area contributed by atoms with Gasteiger partial charge in [-0.2, -0.15) is 0 Å². The summed E-state index contributed by atoms with van der Waals surface area (Å²) in [6.07, 6.45) is -2.40. The minimum atomic E-state index is -2.51. The van der Waals surface area contributed by atoms with Gasteiger partial charge in [0.25, 0.3) is 6.43 Å². The molecule has 0 amide bonds. The largest absolute Gasteiger partial charge is 0.320 e. The Kier molecular flexibility index (Phi) is 2.74. The van der Waals surface area contributed by atoms with Crippen molar-refractivity contribution in [2.45, 2.75) is 25.3 Å². The first-order chi connectivity index (χ1) is 5.52. The molecule has 0 aromatic carbocycles. The van der Waals surface area contributed by atoms with Crippen LogP contribution in [0.15, 0.2) is 10.9 Å². The number of nitrogens with zero attached hydrogens (tertiary/aromatic N) is 1. The zero-order valence-electron chi connectivity index (χ0n) is 6.63. The van der Waals surface area contributed by atoms with Crippen LogP contribution in [0.3, 0.4) is 0 Å². The molecule has 0 fully saturated rings. The Morgan fingerprint density at radius 3 is 2.83 bits per heavy atom. The number of hydrogen-bond donors (Lipinski definition) is 1. The first-order valence-corrected chi connectivity index (χ1v) is 4.41. The first-order valence-electron chi connectivity index (χ1n) is 3.46. The average Bonchev–Trinajstić information content (AvgIpc) is 2.38. The zero-order valence-corrected chi connectivity index (χ0v) is 7.44. The fourth-order valence-electron chi connectivity index (χ4n) is 0.792. The SMILES string of the molecule is CC(N)(Cc1cscn1)C(F)F. The third-order valence-corrected chi connectivity index (χ3v) is 2.18. The molecular weight excluding hydrogens is 182 g/mol. The van der Waals surface area contributed by atoms with Gasteiger partial charge in [-0.15, -0.1) is 11.3 Å². The summed E-state index contributed by atoms with van der Waals surface area (Å²) in [5.41, 5.74) is 6.14. The van der Waals surface area contributed by atoms with Gasteiger partial charge in [0.1, 0.15) is 0 Å². The van der Waals surface area contributed by atoms with E-state index in [-0.39, 0.29) is 6.42 Å². The van der Waals surface area contributed by atoms with Gasteiger partial charge in [-0.1, -0.05) is 0 Å². The molecule has 0 aliphatic carbocycles. The van der Waals surface area contributed by atoms with Crippen LogP contribution in [0.2, 0.25) is 0 Å². The summed E-state index contributed by atoms with van der Waals surface area (Å²) in [4.78, 5) is 3.89. The number of halogens is 2. The zero-order chi connectivity index (χ0) is 9.19. The van der Waals surface area contributed by atoms with Gasteiger partial charge in [-0.05, 0) is 6.92 Å². The van der Waals surface area contributed by atoms with E-state index in [1.807, 2.05) is 0 Å². The van der Waals surface area contributed by atoms with Gasteiger partial charge < -0.3 is 5.73 Å². The third-order valence-electron chi connectivity index (χ3n) is 1.54. The van der Waals surface area contributed by atoms with Crippen molar-refractivity contribution in [1.29, 1.82) is 0 Å². The summed E-state index contributed by atoms with van der Waals surface area (Å²) < 4.78 is 24.5. The van der Waals surface area contributed by atoms with Crippen molar-refractivity contribution in [1.82, 2.24) is 4.98 Å². The summed E-state index contributed by atoms with van der Waals surface area (Å²) in [6, 6.07) is 0. The minimum Gasteiger partial charge on any atom is -0.320 e. The molecule has 2 N–H and O–H groups in total. The summed E-state index contributed by atoms with van der Waals surface area (Å²) in [5, 5.41) is 1.73. The molecule has 0 bridgehead atoms. The van der Waals surface area contributed by atoms with Gasteiger partial charge in [0, 0.05) is 11.8 Å². The van der Waals surface area contributed by atoms with Gasteiger partial charge in [-0.25, -0.2) is 13.8 Å². The predicted molar refractivity (Wildman–Crippen MR) is 44.4 cm³/mol. The fourth-order valence-corrected chi connectivity index (χ4v) is 1.35. The second-order valence-electron chi connectivity index (χ2n) is 2.96. The molecule has 5 heteroatoms. The summed E-state index contributed by atoms with van der Waals surface area (Å²) in [7, 11) is 0. The van der Waals surface area contributed by atoms with E-state index in [1.165, 1.54) is 18.3 Å². The molecule has 0 spiro atoms. The number of nitrogens with two attached hydrogens (primary N) is 1. The van der Waals surface area contributed by atoms with Crippen LogP contribution in [0.25, 0.3) is 0 Å². The van der Waals surface area contributed by atoms with Crippen LogP contribution in [0.5, 0.6) is 0 Å². The Balaban J connectivity index is 2.62. The second-order valence-corrected chi connectivity index (χ2v) is 3.68. The monoisotopic (exact) mass is 192 g/mol. The van der Waals surface area contributed by atoms with Crippen LogP contribution in [-0.2, 0) is 6.42 Å². The van der Waals surface area contributed by atoms with E-state index in [4.69, 9.17) is 5.73 Å². The summed E-state index contributed by atoms with van der Waals surface area (Å²) in [5.74, 6) is 0. The van der Waals surface area contributed by atoms with Crippen LogP contribution in [0.4, 0.5) is 8.78 Å². The van der Waals surface area contributed by atoms with E-state index in [1.54, 1.807) is 10.9 Å². The second kappa shape index (κ2) is 3.45. The molecule has 0 aliphatic rings. The topological polar surface area (TPSA) is 38.9 Å². The van der Waals surface area contributed by atoms with Crippen LogP contribution in [0, 0.1) is 0 Å². The van der Waals surface area contributed by atoms with Crippen molar-refractivity contribution in [3.8, 4) is 0 Å². The molecule has 2 nitrogen and oxygen atoms in total. The van der Waals surface area contributed by atoms with Gasteiger partial charge in [0.15, 0.2) is 0 Å². The molecule has 1 rings (SSSR count). The Labute approximate surface area is 73.4 Å². The highest BCUT2D eigenvalue weighted by Crippen LogP contribution is 2.17. The van der Waals surface area contributed by atoms with Crippen molar-refractivity contribution < 1.29 is 8.78 Å². The quantitative estimate of drug-likeness (QED) is 0.791. The predicted octanol–water partition coefficient (Wildman–Crippen LogP) is 1.67. The third kappa shape index (κ3) is 2.22. The van der Waals surface area contributed by atoms with Gasteiger partial charge >= 0.3 is 0 Å². The first kappa shape index (κ1) is 9.54. The molecule has 0 aliphatic heterocycles. The minimum absolute atomic E-state index is 0.119. The molecule has 0 saturated heterocycles. The number of aromatic nitrogens is 1. The Hall–Kier alpha value is -0.550. The molecule has 68 valence electrons. The highest BCUT2D eigenvalue weighted by atomic mass is 32.1. The van der Waals surface area contributed by atoms with Gasteiger partial charge in [0.05, 0.1) is 16.7 Å². The van der Waals surface area contributed by atoms with E-state index < -0.39 is 12.0 Å². The lowest BCUT2D eigenvalue weighted by molar-refractivity contribution is 0.0635. The Morgan fingerprint density at radius 2 is 2.42 bits per heavy atom. The molecule has 12 heavy (non-hydrogen) atoms. The molecule has 1 unspecified atom stereocenters. The molecule has 0 radical (unpaired) electrons. The molecule has 0 saturated carbocycles. The number of hydrogen-bond acceptors (Lipinski definition) is 3. The highest BCUT2D eigenvalue weighted by Gasteiger charge is 2.30. The maximum absolute atomic E-state index is 12.3. The van der Waals surface area contributed by atoms with Crippen LogP contribution >= 0.6 is 11.3 Å². The van der Waals surface area contributed by atoms with Crippen molar-refractivity contribution in [2.24, 2.45) is 5.73 Å². The van der Waals surface area contributed by atoms with Gasteiger partial charge in [0.2, 0.25) is 0 Å². The number of rotatable bonds is 3. The van der Waals surface area contributed by atoms with Crippen LogP contribution < -0.4 is 5.73 Å². The molecule has 1 heterocycles. The Bertz CT molecular complexity index is 234. The highest BCUT2D eigenvalue weighted by molar-refractivity contribution is 7.07. The average molecular weight is 192 g/mol. The van der Waals surface area contributed by atoms with Gasteiger partial charge in [-0.3, -0.25) is 0 Å². The van der Waals surface area contributed by atoms with Crippen molar-refractivity contribution in [3.63, 3.8) is 0 Å². The molecule has 1 aromatic heterocycles. The lowest BCUT2D eigenvalue weighted by atomic mass is 9.99. The van der Waals surface area contributed by atoms with E-state index >= 15 is 0 Å². The van der Waals surface area contributed by atoms with Crippen molar-refractivity contribution in [3.05, 3.63) is 16.6 Å². The molecular formula is C7H10F2N2S. The number of thiazole rings is 1. The van der Waals surface area contributed by atoms with E-state index in [0.29, 0.717) is 5.69 Å². The van der Waals surface area contributed by atoms with Crippen LogP contribution in [0.1, 0.15) is 12.6 Å². The molecule has 1 atom stereocenters. The fraction of sp³-hybridized carbons (Fsp3) is 0.571. The standard InChI is InChI=1S/C7H10F2N2S/c1-7(10,6(8)9)2-5-3-12-4-11-5/h3-4,6H,2,10H2,1H3. The normalized spacial score (nSPS) is 16.4. The lowest BCUT2D eigenvalue weighted by Crippen LogP contribution is -2.45. The van der Waals surface area contributed by atoms with E-state index in [9.17, 15) is 8.78 Å². The summed E-state index contributed by atoms with van der Waals surface area (Å²) in [6.45, 7) is 1.33. The number of alkyl halides is 2. The molecule has 1 aromatic rings. The maximum atomic E-state index is 12.3. The van der Waals surface area contributed by atoms with Crippen molar-refractivity contribution in [2.75, 3.05) is 0 Å². The van der Waals surface area contributed by atoms with E-state index in [0.717, 1.165) is 0 Å². The summed E-state index contributed by atoms with van der Waals surface area (Å²) >= 11 is 1.38. The lowest BCUT2D eigenvalue weighted by Gasteiger charge is -2.21. The van der Waals surface area contributed by atoms with Crippen LogP contribution in [-0.4, -0.2) is 16.9 Å². The maximum Gasteiger partial charge on any atom is 0.256 e. The smallest absolute Gasteiger partial charge is 0.256 e. The van der Waals surface area contributed by atoms with E-state index in [2.05, 4.69) is 4.98 Å². The Morgan fingerprint density at radius 1 is 1.75 bits per heavy atom. The van der Waals surface area contributed by atoms with Crippen molar-refractivity contribution >= 4 is 11.3 Å².